The van der Waals surface area contributed by atoms with Gasteiger partial charge in [-0.1, -0.05) is 12.1 Å². The molecule has 0 radical (unpaired) electrons. The number of rotatable bonds is 6. The standard InChI is InChI=1S/C24H27N5O2S/c1-5-31-21(30)14-28-23(22(27-24(28)32)19-8-6-7-11-25-19)18-12-16(3)29(17(18)4)20-10-9-15(2)13-26-20/h6-13,22-23H,5,14H2,1-4H3,(H,27,32). The minimum absolute atomic E-state index is 0.0696. The predicted octanol–water partition coefficient (Wildman–Crippen LogP) is 3.73. The van der Waals surface area contributed by atoms with Crippen molar-refractivity contribution in [2.45, 2.75) is 39.8 Å². The van der Waals surface area contributed by atoms with Crippen molar-refractivity contribution in [2.24, 2.45) is 0 Å². The first-order chi connectivity index (χ1) is 15.4. The van der Waals surface area contributed by atoms with E-state index < -0.39 is 0 Å². The van der Waals surface area contributed by atoms with Crippen LogP contribution in [-0.4, -0.2) is 43.7 Å². The van der Waals surface area contributed by atoms with Crippen LogP contribution >= 0.6 is 12.2 Å². The first kappa shape index (κ1) is 22.0. The third-order valence-corrected chi connectivity index (χ3v) is 6.07. The SMILES string of the molecule is CCOC(=O)CN1C(=S)NC(c2ccccn2)C1c1cc(C)n(-c2ccc(C)cn2)c1C. The molecule has 3 aromatic rings. The molecule has 2 unspecified atom stereocenters. The van der Waals surface area contributed by atoms with Crippen LogP contribution < -0.4 is 5.32 Å². The normalized spacial score (nSPS) is 18.0. The maximum Gasteiger partial charge on any atom is 0.325 e. The highest BCUT2D eigenvalue weighted by Gasteiger charge is 2.42. The van der Waals surface area contributed by atoms with Crippen LogP contribution in [0.4, 0.5) is 0 Å². The monoisotopic (exact) mass is 449 g/mol. The van der Waals surface area contributed by atoms with E-state index in [1.54, 1.807) is 13.1 Å². The second kappa shape index (κ2) is 9.08. The van der Waals surface area contributed by atoms with Gasteiger partial charge in [-0.25, -0.2) is 4.98 Å². The lowest BCUT2D eigenvalue weighted by Gasteiger charge is -2.27. The van der Waals surface area contributed by atoms with Crippen molar-refractivity contribution < 1.29 is 9.53 Å². The molecule has 1 N–H and O–H groups in total. The van der Waals surface area contributed by atoms with Crippen LogP contribution in [0, 0.1) is 20.8 Å². The molecule has 0 saturated carbocycles. The molecular formula is C24H27N5O2S. The number of aryl methyl sites for hydroxylation is 2. The molecule has 1 saturated heterocycles. The van der Waals surface area contributed by atoms with E-state index in [9.17, 15) is 4.79 Å². The Bertz CT molecular complexity index is 1130. The minimum atomic E-state index is -0.308. The number of nitrogens with one attached hydrogen (secondary N) is 1. The van der Waals surface area contributed by atoms with Crippen molar-refractivity contribution in [3.05, 3.63) is 77.0 Å². The van der Waals surface area contributed by atoms with Crippen LogP contribution in [0.15, 0.2) is 48.8 Å². The molecule has 1 fully saturated rings. The Morgan fingerprint density at radius 3 is 2.66 bits per heavy atom. The molecule has 2 atom stereocenters. The molecule has 32 heavy (non-hydrogen) atoms. The Hall–Kier alpha value is -3.26. The summed E-state index contributed by atoms with van der Waals surface area (Å²) in [4.78, 5) is 23.5. The third kappa shape index (κ3) is 4.10. The van der Waals surface area contributed by atoms with Crippen LogP contribution in [0.3, 0.4) is 0 Å². The van der Waals surface area contributed by atoms with Gasteiger partial charge in [-0.05, 0) is 75.3 Å². The van der Waals surface area contributed by atoms with Crippen LogP contribution in [-0.2, 0) is 9.53 Å². The number of aromatic nitrogens is 3. The number of carbonyl (C=O) groups excluding carboxylic acids is 1. The first-order valence-electron chi connectivity index (χ1n) is 10.7. The number of ether oxygens (including phenoxy) is 1. The fraction of sp³-hybridized carbons (Fsp3) is 0.333. The molecule has 0 spiro atoms. The summed E-state index contributed by atoms with van der Waals surface area (Å²) in [5, 5.41) is 3.89. The summed E-state index contributed by atoms with van der Waals surface area (Å²) in [5.74, 6) is 0.550. The molecular weight excluding hydrogens is 422 g/mol. The number of pyridine rings is 2. The van der Waals surface area contributed by atoms with Crippen molar-refractivity contribution >= 4 is 23.3 Å². The molecule has 0 amide bonds. The zero-order chi connectivity index (χ0) is 22.8. The van der Waals surface area contributed by atoms with E-state index in [0.29, 0.717) is 11.7 Å². The van der Waals surface area contributed by atoms with E-state index in [1.165, 1.54) is 0 Å². The van der Waals surface area contributed by atoms with Crippen LogP contribution in [0.2, 0.25) is 0 Å². The molecule has 166 valence electrons. The van der Waals surface area contributed by atoms with Crippen LogP contribution in [0.1, 0.15) is 47.2 Å². The molecule has 3 aromatic heterocycles. The summed E-state index contributed by atoms with van der Waals surface area (Å²) < 4.78 is 7.35. The van der Waals surface area contributed by atoms with Crippen molar-refractivity contribution in [1.82, 2.24) is 24.8 Å². The Balaban J connectivity index is 1.80. The van der Waals surface area contributed by atoms with Gasteiger partial charge in [0.2, 0.25) is 0 Å². The lowest BCUT2D eigenvalue weighted by atomic mass is 9.97. The first-order valence-corrected chi connectivity index (χ1v) is 11.1. The zero-order valence-corrected chi connectivity index (χ0v) is 19.5. The van der Waals surface area contributed by atoms with E-state index in [4.69, 9.17) is 17.0 Å². The van der Waals surface area contributed by atoms with E-state index >= 15 is 0 Å². The zero-order valence-electron chi connectivity index (χ0n) is 18.7. The Kier molecular flexibility index (Phi) is 6.23. The summed E-state index contributed by atoms with van der Waals surface area (Å²) in [7, 11) is 0. The maximum absolute atomic E-state index is 12.4. The van der Waals surface area contributed by atoms with Gasteiger partial charge in [0.1, 0.15) is 12.4 Å². The molecule has 0 aromatic carbocycles. The second-order valence-corrected chi connectivity index (χ2v) is 8.30. The summed E-state index contributed by atoms with van der Waals surface area (Å²) in [5.41, 5.74) is 5.15. The van der Waals surface area contributed by atoms with E-state index in [0.717, 1.165) is 34.0 Å². The molecule has 1 aliphatic rings. The maximum atomic E-state index is 12.4. The van der Waals surface area contributed by atoms with Gasteiger partial charge in [0.25, 0.3) is 0 Å². The number of carbonyl (C=O) groups is 1. The van der Waals surface area contributed by atoms with E-state index in [1.807, 2.05) is 42.3 Å². The third-order valence-electron chi connectivity index (χ3n) is 5.72. The number of nitrogens with zero attached hydrogens (tertiary/aromatic N) is 4. The van der Waals surface area contributed by atoms with Gasteiger partial charge in [-0.15, -0.1) is 0 Å². The van der Waals surface area contributed by atoms with Crippen molar-refractivity contribution in [3.8, 4) is 5.82 Å². The topological polar surface area (TPSA) is 72.3 Å². The molecule has 7 nitrogen and oxygen atoms in total. The second-order valence-electron chi connectivity index (χ2n) is 7.92. The highest BCUT2D eigenvalue weighted by atomic mass is 32.1. The molecule has 0 bridgehead atoms. The highest BCUT2D eigenvalue weighted by Crippen LogP contribution is 2.41. The highest BCUT2D eigenvalue weighted by molar-refractivity contribution is 7.80. The average molecular weight is 450 g/mol. The minimum Gasteiger partial charge on any atom is -0.465 e. The fourth-order valence-corrected chi connectivity index (χ4v) is 4.60. The van der Waals surface area contributed by atoms with Gasteiger partial charge in [0.05, 0.1) is 24.4 Å². The van der Waals surface area contributed by atoms with Gasteiger partial charge in [0.15, 0.2) is 5.11 Å². The summed E-state index contributed by atoms with van der Waals surface area (Å²) in [6.45, 7) is 8.35. The van der Waals surface area contributed by atoms with Gasteiger partial charge in [-0.2, -0.15) is 0 Å². The number of thiocarbonyl (C=S) groups is 1. The van der Waals surface area contributed by atoms with E-state index in [-0.39, 0.29) is 24.6 Å². The van der Waals surface area contributed by atoms with Crippen LogP contribution in [0.5, 0.6) is 0 Å². The molecule has 0 aliphatic carbocycles. The Morgan fingerprint density at radius 2 is 2.00 bits per heavy atom. The smallest absolute Gasteiger partial charge is 0.325 e. The van der Waals surface area contributed by atoms with Crippen molar-refractivity contribution in [2.75, 3.05) is 13.2 Å². The lowest BCUT2D eigenvalue weighted by Crippen LogP contribution is -2.35. The van der Waals surface area contributed by atoms with Gasteiger partial charge < -0.3 is 19.5 Å². The summed E-state index contributed by atoms with van der Waals surface area (Å²) in [6.07, 6.45) is 3.63. The average Bonchev–Trinajstić information content (AvgIpc) is 3.25. The molecule has 4 rings (SSSR count). The number of hydrogen-bond donors (Lipinski definition) is 1. The van der Waals surface area contributed by atoms with Crippen molar-refractivity contribution in [3.63, 3.8) is 0 Å². The van der Waals surface area contributed by atoms with Crippen LogP contribution in [0.25, 0.3) is 5.82 Å². The van der Waals surface area contributed by atoms with Gasteiger partial charge in [-0.3, -0.25) is 9.78 Å². The van der Waals surface area contributed by atoms with Gasteiger partial charge in [0, 0.05) is 23.8 Å². The summed E-state index contributed by atoms with van der Waals surface area (Å²) in [6, 6.07) is 11.6. The number of hydrogen-bond acceptors (Lipinski definition) is 5. The molecule has 8 heteroatoms. The largest absolute Gasteiger partial charge is 0.465 e. The van der Waals surface area contributed by atoms with E-state index in [2.05, 4.69) is 45.8 Å². The Labute approximate surface area is 193 Å². The molecule has 4 heterocycles. The fourth-order valence-electron chi connectivity index (χ4n) is 4.29. The molecule has 1 aliphatic heterocycles. The predicted molar refractivity (Wildman–Crippen MR) is 127 cm³/mol. The van der Waals surface area contributed by atoms with Gasteiger partial charge >= 0.3 is 5.97 Å². The summed E-state index contributed by atoms with van der Waals surface area (Å²) >= 11 is 5.65. The number of esters is 1. The lowest BCUT2D eigenvalue weighted by molar-refractivity contribution is -0.143. The Morgan fingerprint density at radius 1 is 1.19 bits per heavy atom. The quantitative estimate of drug-likeness (QED) is 0.454. The van der Waals surface area contributed by atoms with Crippen molar-refractivity contribution in [1.29, 1.82) is 0 Å².